The summed E-state index contributed by atoms with van der Waals surface area (Å²) in [5.74, 6) is 0.0284. The van der Waals surface area contributed by atoms with Crippen LogP contribution in [0.2, 0.25) is 0 Å². The molecule has 1 N–H and O–H groups in total. The first kappa shape index (κ1) is 20.3. The van der Waals surface area contributed by atoms with E-state index in [0.717, 1.165) is 29.5 Å². The van der Waals surface area contributed by atoms with E-state index in [4.69, 9.17) is 9.47 Å². The molecule has 0 heterocycles. The molecule has 0 aliphatic heterocycles. The molecule has 0 unspecified atom stereocenters. The smallest absolute Gasteiger partial charge is 0.308 e. The first-order chi connectivity index (χ1) is 13.9. The van der Waals surface area contributed by atoms with Gasteiger partial charge in [0.15, 0.2) is 0 Å². The van der Waals surface area contributed by atoms with Gasteiger partial charge in [0, 0.05) is 19.8 Å². The van der Waals surface area contributed by atoms with Crippen molar-refractivity contribution >= 4 is 17.8 Å². The maximum atomic E-state index is 11.8. The molecule has 0 spiro atoms. The van der Waals surface area contributed by atoms with Crippen LogP contribution < -0.4 is 14.8 Å². The van der Waals surface area contributed by atoms with Crippen molar-refractivity contribution in [2.45, 2.75) is 38.6 Å². The fourth-order valence-electron chi connectivity index (χ4n) is 3.71. The van der Waals surface area contributed by atoms with E-state index in [9.17, 15) is 14.4 Å². The van der Waals surface area contributed by atoms with E-state index >= 15 is 0 Å². The fraction of sp³-hybridized carbons (Fsp3) is 0.261. The van der Waals surface area contributed by atoms with Crippen LogP contribution in [0.4, 0.5) is 0 Å². The van der Waals surface area contributed by atoms with E-state index in [2.05, 4.69) is 11.9 Å². The first-order valence-corrected chi connectivity index (χ1v) is 9.41. The second-order valence-electron chi connectivity index (χ2n) is 6.94. The van der Waals surface area contributed by atoms with Gasteiger partial charge in [0.25, 0.3) is 0 Å². The Bertz CT molecular complexity index is 948. The monoisotopic (exact) mass is 393 g/mol. The SMILES string of the molecule is C=CC(=O)N[C@H]1CC[C@@H](c2ccc(OC(C)=O)cc2)c2cc(OC(C)=O)ccc21. The molecule has 3 rings (SSSR count). The number of amides is 1. The highest BCUT2D eigenvalue weighted by Crippen LogP contribution is 2.43. The van der Waals surface area contributed by atoms with Crippen molar-refractivity contribution in [3.8, 4) is 11.5 Å². The van der Waals surface area contributed by atoms with Crippen LogP contribution in [0.3, 0.4) is 0 Å². The number of hydrogen-bond acceptors (Lipinski definition) is 5. The molecular formula is C23H23NO5. The summed E-state index contributed by atoms with van der Waals surface area (Å²) in [7, 11) is 0. The number of rotatable bonds is 5. The van der Waals surface area contributed by atoms with Crippen LogP contribution in [-0.2, 0) is 14.4 Å². The standard InChI is InChI=1S/C23H23NO5/c1-4-23(27)24-22-12-11-19(16-5-7-17(8-6-16)28-14(2)25)21-13-18(29-15(3)26)9-10-20(21)22/h4-10,13,19,22H,1,11-12H2,2-3H3,(H,24,27)/t19-,22-/m0/s1. The van der Waals surface area contributed by atoms with Gasteiger partial charge >= 0.3 is 11.9 Å². The molecule has 150 valence electrons. The van der Waals surface area contributed by atoms with Crippen LogP contribution in [0.1, 0.15) is 55.3 Å². The normalized spacial score (nSPS) is 17.6. The fourth-order valence-corrected chi connectivity index (χ4v) is 3.71. The molecule has 1 amide bonds. The number of benzene rings is 2. The molecule has 2 aromatic carbocycles. The van der Waals surface area contributed by atoms with Gasteiger partial charge in [-0.2, -0.15) is 0 Å². The van der Waals surface area contributed by atoms with Crippen molar-refractivity contribution in [3.63, 3.8) is 0 Å². The summed E-state index contributed by atoms with van der Waals surface area (Å²) < 4.78 is 10.4. The quantitative estimate of drug-likeness (QED) is 0.475. The summed E-state index contributed by atoms with van der Waals surface area (Å²) in [5.41, 5.74) is 3.02. The molecule has 6 heteroatoms. The van der Waals surface area contributed by atoms with Crippen molar-refractivity contribution in [2.75, 3.05) is 0 Å². The molecule has 1 aliphatic rings. The molecular weight excluding hydrogens is 370 g/mol. The number of hydrogen-bond donors (Lipinski definition) is 1. The summed E-state index contributed by atoms with van der Waals surface area (Å²) in [5, 5.41) is 2.97. The Balaban J connectivity index is 1.97. The number of carbonyl (C=O) groups is 3. The van der Waals surface area contributed by atoms with E-state index in [1.54, 1.807) is 18.2 Å². The highest BCUT2D eigenvalue weighted by Gasteiger charge is 2.29. The van der Waals surface area contributed by atoms with Crippen molar-refractivity contribution in [1.82, 2.24) is 5.32 Å². The zero-order valence-electron chi connectivity index (χ0n) is 16.4. The number of carbonyl (C=O) groups excluding carboxylic acids is 3. The van der Waals surface area contributed by atoms with Gasteiger partial charge < -0.3 is 14.8 Å². The minimum Gasteiger partial charge on any atom is -0.427 e. The van der Waals surface area contributed by atoms with Gasteiger partial charge in [-0.05, 0) is 59.9 Å². The molecule has 0 radical (unpaired) electrons. The second-order valence-corrected chi connectivity index (χ2v) is 6.94. The lowest BCUT2D eigenvalue weighted by Crippen LogP contribution is -2.30. The Hall–Kier alpha value is -3.41. The van der Waals surface area contributed by atoms with Crippen LogP contribution in [0.25, 0.3) is 0 Å². The first-order valence-electron chi connectivity index (χ1n) is 9.41. The van der Waals surface area contributed by atoms with E-state index in [-0.39, 0.29) is 29.8 Å². The lowest BCUT2D eigenvalue weighted by atomic mass is 9.76. The van der Waals surface area contributed by atoms with E-state index < -0.39 is 0 Å². The molecule has 0 fully saturated rings. The molecule has 0 saturated carbocycles. The van der Waals surface area contributed by atoms with Crippen LogP contribution >= 0.6 is 0 Å². The Morgan fingerprint density at radius 3 is 2.17 bits per heavy atom. The van der Waals surface area contributed by atoms with Crippen molar-refractivity contribution in [2.24, 2.45) is 0 Å². The molecule has 29 heavy (non-hydrogen) atoms. The average Bonchev–Trinajstić information content (AvgIpc) is 2.68. The van der Waals surface area contributed by atoms with Crippen LogP contribution in [0.5, 0.6) is 11.5 Å². The Kier molecular flexibility index (Phi) is 6.12. The summed E-state index contributed by atoms with van der Waals surface area (Å²) >= 11 is 0. The van der Waals surface area contributed by atoms with Gasteiger partial charge in [-0.15, -0.1) is 0 Å². The molecule has 2 atom stereocenters. The molecule has 0 aromatic heterocycles. The predicted octanol–water partition coefficient (Wildman–Crippen LogP) is 3.81. The molecule has 2 aromatic rings. The number of ether oxygens (including phenoxy) is 2. The predicted molar refractivity (Wildman–Crippen MR) is 108 cm³/mol. The lowest BCUT2D eigenvalue weighted by Gasteiger charge is -2.32. The van der Waals surface area contributed by atoms with E-state index in [1.165, 1.54) is 19.9 Å². The van der Waals surface area contributed by atoms with Crippen molar-refractivity contribution in [1.29, 1.82) is 0 Å². The summed E-state index contributed by atoms with van der Waals surface area (Å²) in [4.78, 5) is 34.3. The third-order valence-electron chi connectivity index (χ3n) is 4.86. The average molecular weight is 393 g/mol. The maximum Gasteiger partial charge on any atom is 0.308 e. The zero-order valence-corrected chi connectivity index (χ0v) is 16.4. The van der Waals surface area contributed by atoms with E-state index in [1.807, 2.05) is 24.3 Å². The molecule has 1 aliphatic carbocycles. The second kappa shape index (κ2) is 8.73. The Morgan fingerprint density at radius 1 is 0.931 bits per heavy atom. The summed E-state index contributed by atoms with van der Waals surface area (Å²) in [6.45, 7) is 6.23. The number of nitrogens with one attached hydrogen (secondary N) is 1. The third-order valence-corrected chi connectivity index (χ3v) is 4.86. The van der Waals surface area contributed by atoms with Crippen LogP contribution in [0, 0.1) is 0 Å². The maximum absolute atomic E-state index is 11.8. The highest BCUT2D eigenvalue weighted by molar-refractivity contribution is 5.87. The van der Waals surface area contributed by atoms with Gasteiger partial charge in [-0.3, -0.25) is 14.4 Å². The van der Waals surface area contributed by atoms with E-state index in [0.29, 0.717) is 11.5 Å². The minimum atomic E-state index is -0.389. The van der Waals surface area contributed by atoms with Gasteiger partial charge in [0.2, 0.25) is 5.91 Å². The number of esters is 2. The van der Waals surface area contributed by atoms with Gasteiger partial charge in [0.05, 0.1) is 6.04 Å². The molecule has 0 bridgehead atoms. The van der Waals surface area contributed by atoms with Crippen LogP contribution in [0.15, 0.2) is 55.1 Å². The van der Waals surface area contributed by atoms with Crippen LogP contribution in [-0.4, -0.2) is 17.8 Å². The Labute approximate surface area is 169 Å². The van der Waals surface area contributed by atoms with Crippen molar-refractivity contribution in [3.05, 3.63) is 71.8 Å². The van der Waals surface area contributed by atoms with Gasteiger partial charge in [-0.25, -0.2) is 0 Å². The highest BCUT2D eigenvalue weighted by atomic mass is 16.5. The zero-order chi connectivity index (χ0) is 21.0. The Morgan fingerprint density at radius 2 is 1.55 bits per heavy atom. The van der Waals surface area contributed by atoms with Gasteiger partial charge in [0.1, 0.15) is 11.5 Å². The number of fused-ring (bicyclic) bond motifs is 1. The summed E-state index contributed by atoms with van der Waals surface area (Å²) in [6.07, 6.45) is 2.81. The molecule has 6 nitrogen and oxygen atoms in total. The largest absolute Gasteiger partial charge is 0.427 e. The lowest BCUT2D eigenvalue weighted by molar-refractivity contribution is -0.132. The molecule has 0 saturated heterocycles. The topological polar surface area (TPSA) is 81.7 Å². The van der Waals surface area contributed by atoms with Crippen molar-refractivity contribution < 1.29 is 23.9 Å². The third kappa shape index (κ3) is 4.90. The van der Waals surface area contributed by atoms with Gasteiger partial charge in [-0.1, -0.05) is 24.8 Å². The summed E-state index contributed by atoms with van der Waals surface area (Å²) in [6, 6.07) is 12.7. The minimum absolute atomic E-state index is 0.0590.